The topological polar surface area (TPSA) is 97.3 Å². The van der Waals surface area contributed by atoms with Crippen molar-refractivity contribution in [2.24, 2.45) is 0 Å². The molecule has 1 unspecified atom stereocenters. The van der Waals surface area contributed by atoms with Crippen molar-refractivity contribution in [3.8, 4) is 11.4 Å². The molecule has 132 valence electrons. The van der Waals surface area contributed by atoms with Crippen molar-refractivity contribution < 1.29 is 14.3 Å². The second-order valence-corrected chi connectivity index (χ2v) is 5.87. The van der Waals surface area contributed by atoms with Crippen LogP contribution in [-0.2, 0) is 4.79 Å². The normalized spacial score (nSPS) is 16.9. The summed E-state index contributed by atoms with van der Waals surface area (Å²) in [6.07, 6.45) is 1.48. The largest absolute Gasteiger partial charge is 0.497 e. The number of ether oxygens (including phenoxy) is 1. The lowest BCUT2D eigenvalue weighted by atomic mass is 10.1. The van der Waals surface area contributed by atoms with Gasteiger partial charge in [0.15, 0.2) is 0 Å². The fourth-order valence-corrected chi connectivity index (χ4v) is 2.73. The van der Waals surface area contributed by atoms with Crippen molar-refractivity contribution in [3.05, 3.63) is 36.0 Å². The molecule has 1 saturated heterocycles. The van der Waals surface area contributed by atoms with Gasteiger partial charge in [-0.3, -0.25) is 10.1 Å². The van der Waals surface area contributed by atoms with Crippen molar-refractivity contribution >= 4 is 17.8 Å². The molecular weight excluding hydrogens is 322 g/mol. The van der Waals surface area contributed by atoms with Crippen LogP contribution in [0.3, 0.4) is 0 Å². The van der Waals surface area contributed by atoms with Crippen LogP contribution in [0.1, 0.15) is 18.5 Å². The van der Waals surface area contributed by atoms with Crippen LogP contribution in [0.15, 0.2) is 30.3 Å². The van der Waals surface area contributed by atoms with Crippen molar-refractivity contribution in [1.29, 1.82) is 0 Å². The van der Waals surface area contributed by atoms with Crippen molar-refractivity contribution in [1.82, 2.24) is 20.4 Å². The highest BCUT2D eigenvalue weighted by molar-refractivity contribution is 5.93. The Morgan fingerprint density at radius 3 is 2.80 bits per heavy atom. The quantitative estimate of drug-likeness (QED) is 0.785. The van der Waals surface area contributed by atoms with E-state index in [1.54, 1.807) is 17.9 Å². The molecule has 1 fully saturated rings. The van der Waals surface area contributed by atoms with Gasteiger partial charge in [0.05, 0.1) is 18.5 Å². The first-order chi connectivity index (χ1) is 12.1. The molecule has 0 radical (unpaired) electrons. The number of benzene rings is 1. The Morgan fingerprint density at radius 2 is 2.12 bits per heavy atom. The van der Waals surface area contributed by atoms with E-state index < -0.39 is 12.1 Å². The van der Waals surface area contributed by atoms with Crippen LogP contribution in [0.4, 0.5) is 10.6 Å². The molecule has 3 rings (SSSR count). The Labute approximate surface area is 145 Å². The molecule has 3 N–H and O–H groups in total. The lowest BCUT2D eigenvalue weighted by Gasteiger charge is -2.22. The van der Waals surface area contributed by atoms with Gasteiger partial charge in [0.2, 0.25) is 5.91 Å². The van der Waals surface area contributed by atoms with Crippen LogP contribution < -0.4 is 20.7 Å². The fraction of sp³-hybridized carbons (Fsp3) is 0.353. The van der Waals surface area contributed by atoms with Crippen molar-refractivity contribution in [2.45, 2.75) is 25.8 Å². The molecule has 2 aromatic rings. The molecule has 25 heavy (non-hydrogen) atoms. The standard InChI is InChI=1S/C17H21N5O3/c1-11-10-15(20-17(24)19-14-4-3-9-18-16(14)23)22(21-11)12-5-7-13(25-2)8-6-12/h5-8,10,14H,3-4,9H2,1-2H3,(H,18,23)(H2,19,20,24). The molecule has 1 aliphatic heterocycles. The number of piperidine rings is 1. The van der Waals surface area contributed by atoms with E-state index in [4.69, 9.17) is 4.74 Å². The average Bonchev–Trinajstić information content (AvgIpc) is 2.97. The molecular formula is C17H21N5O3. The number of nitrogens with one attached hydrogen (secondary N) is 3. The molecule has 8 heteroatoms. The zero-order valence-electron chi connectivity index (χ0n) is 14.2. The Morgan fingerprint density at radius 1 is 1.36 bits per heavy atom. The number of hydrogen-bond donors (Lipinski definition) is 3. The number of methoxy groups -OCH3 is 1. The van der Waals surface area contributed by atoms with E-state index in [1.807, 2.05) is 31.2 Å². The maximum absolute atomic E-state index is 12.3. The molecule has 0 aliphatic carbocycles. The summed E-state index contributed by atoms with van der Waals surface area (Å²) in [5.74, 6) is 1.11. The number of rotatable bonds is 4. The molecule has 1 aromatic heterocycles. The third-order valence-corrected chi connectivity index (χ3v) is 3.98. The number of nitrogens with zero attached hydrogens (tertiary/aromatic N) is 2. The smallest absolute Gasteiger partial charge is 0.321 e. The number of urea groups is 1. The number of hydrogen-bond acceptors (Lipinski definition) is 4. The Bertz CT molecular complexity index is 769. The Kier molecular flexibility index (Phi) is 4.87. The predicted octanol–water partition coefficient (Wildman–Crippen LogP) is 1.59. The molecule has 3 amide bonds. The number of aryl methyl sites for hydroxylation is 1. The lowest BCUT2D eigenvalue weighted by molar-refractivity contribution is -0.124. The SMILES string of the molecule is COc1ccc(-n2nc(C)cc2NC(=O)NC2CCCNC2=O)cc1. The van der Waals surface area contributed by atoms with Crippen LogP contribution in [-0.4, -0.2) is 41.4 Å². The summed E-state index contributed by atoms with van der Waals surface area (Å²) in [7, 11) is 1.60. The van der Waals surface area contributed by atoms with E-state index in [1.165, 1.54) is 0 Å². The molecule has 8 nitrogen and oxygen atoms in total. The van der Waals surface area contributed by atoms with Gasteiger partial charge in [-0.2, -0.15) is 5.10 Å². The highest BCUT2D eigenvalue weighted by Crippen LogP contribution is 2.20. The number of carbonyl (C=O) groups is 2. The van der Waals surface area contributed by atoms with E-state index in [-0.39, 0.29) is 5.91 Å². The zero-order valence-corrected chi connectivity index (χ0v) is 14.2. The summed E-state index contributed by atoms with van der Waals surface area (Å²) >= 11 is 0. The summed E-state index contributed by atoms with van der Waals surface area (Å²) in [5.41, 5.74) is 1.56. The third kappa shape index (κ3) is 3.90. The van der Waals surface area contributed by atoms with Gasteiger partial charge in [-0.05, 0) is 44.0 Å². The van der Waals surface area contributed by atoms with Crippen molar-refractivity contribution in [3.63, 3.8) is 0 Å². The predicted molar refractivity (Wildman–Crippen MR) is 93.0 cm³/mol. The van der Waals surface area contributed by atoms with Crippen LogP contribution in [0, 0.1) is 6.92 Å². The molecule has 0 bridgehead atoms. The fourth-order valence-electron chi connectivity index (χ4n) is 2.73. The molecule has 0 spiro atoms. The van der Waals surface area contributed by atoms with Gasteiger partial charge >= 0.3 is 6.03 Å². The average molecular weight is 343 g/mol. The maximum atomic E-state index is 12.3. The Hall–Kier alpha value is -3.03. The second kappa shape index (κ2) is 7.25. The van der Waals surface area contributed by atoms with E-state index >= 15 is 0 Å². The first-order valence-corrected chi connectivity index (χ1v) is 8.13. The van der Waals surface area contributed by atoms with E-state index in [9.17, 15) is 9.59 Å². The van der Waals surface area contributed by atoms with Gasteiger partial charge in [0.1, 0.15) is 17.6 Å². The number of aromatic nitrogens is 2. The van der Waals surface area contributed by atoms with Gasteiger partial charge in [-0.25, -0.2) is 9.48 Å². The van der Waals surface area contributed by atoms with Crippen LogP contribution in [0.5, 0.6) is 5.75 Å². The van der Waals surface area contributed by atoms with Crippen molar-refractivity contribution in [2.75, 3.05) is 19.0 Å². The molecule has 1 atom stereocenters. The van der Waals surface area contributed by atoms with Crippen LogP contribution >= 0.6 is 0 Å². The highest BCUT2D eigenvalue weighted by Gasteiger charge is 2.24. The summed E-state index contributed by atoms with van der Waals surface area (Å²) in [6, 6.07) is 8.17. The monoisotopic (exact) mass is 343 g/mol. The summed E-state index contributed by atoms with van der Waals surface area (Å²) in [6.45, 7) is 2.50. The number of carbonyl (C=O) groups excluding carboxylic acids is 2. The molecule has 0 saturated carbocycles. The van der Waals surface area contributed by atoms with Gasteiger partial charge in [-0.15, -0.1) is 0 Å². The van der Waals surface area contributed by atoms with Crippen LogP contribution in [0.25, 0.3) is 5.69 Å². The summed E-state index contributed by atoms with van der Waals surface area (Å²) in [5, 5.41) is 12.6. The van der Waals surface area contributed by atoms with E-state index in [2.05, 4.69) is 21.0 Å². The first kappa shape index (κ1) is 16.8. The van der Waals surface area contributed by atoms with E-state index in [0.717, 1.165) is 23.6 Å². The lowest BCUT2D eigenvalue weighted by Crippen LogP contribution is -2.51. The minimum absolute atomic E-state index is 0.152. The number of amides is 3. The van der Waals surface area contributed by atoms with Gasteiger partial charge in [0, 0.05) is 12.6 Å². The van der Waals surface area contributed by atoms with Gasteiger partial charge in [-0.1, -0.05) is 0 Å². The molecule has 1 aromatic carbocycles. The second-order valence-electron chi connectivity index (χ2n) is 5.87. The third-order valence-electron chi connectivity index (χ3n) is 3.98. The first-order valence-electron chi connectivity index (χ1n) is 8.13. The van der Waals surface area contributed by atoms with Gasteiger partial charge < -0.3 is 15.4 Å². The van der Waals surface area contributed by atoms with Crippen LogP contribution in [0.2, 0.25) is 0 Å². The zero-order chi connectivity index (χ0) is 17.8. The van der Waals surface area contributed by atoms with E-state index in [0.29, 0.717) is 18.8 Å². The minimum atomic E-state index is -0.507. The number of anilines is 1. The highest BCUT2D eigenvalue weighted by atomic mass is 16.5. The summed E-state index contributed by atoms with van der Waals surface area (Å²) < 4.78 is 6.79. The maximum Gasteiger partial charge on any atom is 0.321 e. The summed E-state index contributed by atoms with van der Waals surface area (Å²) in [4.78, 5) is 24.0. The Balaban J connectivity index is 1.73. The minimum Gasteiger partial charge on any atom is -0.497 e. The molecule has 2 heterocycles. The van der Waals surface area contributed by atoms with Gasteiger partial charge in [0.25, 0.3) is 0 Å². The molecule has 1 aliphatic rings.